The number of aromatic carboxylic acids is 1. The molecule has 0 bridgehead atoms. The van der Waals surface area contributed by atoms with Crippen LogP contribution in [0.3, 0.4) is 0 Å². The Morgan fingerprint density at radius 3 is 2.50 bits per heavy atom. The molecule has 38 heavy (non-hydrogen) atoms. The van der Waals surface area contributed by atoms with Gasteiger partial charge in [0.2, 0.25) is 5.91 Å². The van der Waals surface area contributed by atoms with E-state index in [4.69, 9.17) is 0 Å². The van der Waals surface area contributed by atoms with E-state index in [1.165, 1.54) is 6.20 Å². The predicted molar refractivity (Wildman–Crippen MR) is 145 cm³/mol. The Hall–Kier alpha value is -4.01. The first-order valence-electron chi connectivity index (χ1n) is 13.4. The van der Waals surface area contributed by atoms with Gasteiger partial charge in [0.15, 0.2) is 11.5 Å². The number of nitrogens with zero attached hydrogens (tertiary/aromatic N) is 6. The van der Waals surface area contributed by atoms with Crippen LogP contribution in [0, 0.1) is 17.8 Å². The molecule has 1 saturated carbocycles. The van der Waals surface area contributed by atoms with Crippen LogP contribution >= 0.6 is 0 Å². The van der Waals surface area contributed by atoms with Crippen LogP contribution in [-0.4, -0.2) is 47.9 Å². The first-order chi connectivity index (χ1) is 18.3. The maximum Gasteiger partial charge on any atom is 0.341 e. The van der Waals surface area contributed by atoms with Gasteiger partial charge in [0.1, 0.15) is 5.56 Å². The van der Waals surface area contributed by atoms with E-state index in [1.807, 2.05) is 42.6 Å². The summed E-state index contributed by atoms with van der Waals surface area (Å²) in [7, 11) is 0. The van der Waals surface area contributed by atoms with Crippen LogP contribution in [0.4, 0.5) is 5.82 Å². The van der Waals surface area contributed by atoms with Gasteiger partial charge in [-0.1, -0.05) is 32.9 Å². The number of carboxylic acids is 1. The molecule has 9 nitrogen and oxygen atoms in total. The molecule has 0 aliphatic heterocycles. The summed E-state index contributed by atoms with van der Waals surface area (Å²) in [6, 6.07) is 11.3. The minimum Gasteiger partial charge on any atom is -0.477 e. The first-order valence-corrected chi connectivity index (χ1v) is 13.4. The lowest BCUT2D eigenvalue weighted by atomic mass is 9.82. The number of carbonyl (C=O) groups excluding carboxylic acids is 1. The average Bonchev–Trinajstić information content (AvgIpc) is 3.54. The SMILES string of the molecule is CC(C)CCN(C(=O)C1CCC(C)CC1)c1nn(-c2ccc(-c3cc4ncccn4n3)cc2)cc1C(=O)O. The number of amides is 1. The second kappa shape index (κ2) is 10.8. The molecule has 0 atom stereocenters. The van der Waals surface area contributed by atoms with Crippen LogP contribution < -0.4 is 4.90 Å². The van der Waals surface area contributed by atoms with Crippen LogP contribution in [0.2, 0.25) is 0 Å². The number of hydrogen-bond donors (Lipinski definition) is 1. The van der Waals surface area contributed by atoms with Gasteiger partial charge in [-0.2, -0.15) is 5.10 Å². The van der Waals surface area contributed by atoms with Gasteiger partial charge in [0.25, 0.3) is 0 Å². The number of fused-ring (bicyclic) bond motifs is 1. The zero-order chi connectivity index (χ0) is 26.8. The maximum absolute atomic E-state index is 13.7. The van der Waals surface area contributed by atoms with Gasteiger partial charge >= 0.3 is 5.97 Å². The molecule has 3 aromatic heterocycles. The van der Waals surface area contributed by atoms with Crippen molar-refractivity contribution >= 4 is 23.3 Å². The summed E-state index contributed by atoms with van der Waals surface area (Å²) in [5.41, 5.74) is 3.18. The molecule has 1 N–H and O–H groups in total. The third-order valence-corrected chi connectivity index (χ3v) is 7.41. The highest BCUT2D eigenvalue weighted by atomic mass is 16.4. The van der Waals surface area contributed by atoms with Gasteiger partial charge in [-0.15, -0.1) is 5.10 Å². The Morgan fingerprint density at radius 1 is 1.11 bits per heavy atom. The lowest BCUT2D eigenvalue weighted by molar-refractivity contribution is -0.123. The van der Waals surface area contributed by atoms with Crippen molar-refractivity contribution in [3.63, 3.8) is 0 Å². The number of hydrogen-bond acceptors (Lipinski definition) is 5. The highest BCUT2D eigenvalue weighted by molar-refractivity contribution is 6.01. The third kappa shape index (κ3) is 5.32. The summed E-state index contributed by atoms with van der Waals surface area (Å²) in [5.74, 6) is 0.00793. The smallest absolute Gasteiger partial charge is 0.341 e. The average molecular weight is 515 g/mol. The lowest BCUT2D eigenvalue weighted by Gasteiger charge is -2.30. The maximum atomic E-state index is 13.7. The molecule has 0 unspecified atom stereocenters. The molecule has 4 aromatic rings. The summed E-state index contributed by atoms with van der Waals surface area (Å²) in [4.78, 5) is 31.9. The van der Waals surface area contributed by atoms with Crippen LogP contribution in [0.5, 0.6) is 0 Å². The van der Waals surface area contributed by atoms with Crippen molar-refractivity contribution in [2.45, 2.75) is 52.9 Å². The van der Waals surface area contributed by atoms with E-state index in [2.05, 4.69) is 36.0 Å². The molecule has 0 saturated heterocycles. The van der Waals surface area contributed by atoms with Crippen molar-refractivity contribution in [2.75, 3.05) is 11.4 Å². The topological polar surface area (TPSA) is 106 Å². The Morgan fingerprint density at radius 2 is 1.84 bits per heavy atom. The number of rotatable bonds is 8. The molecule has 5 rings (SSSR count). The fourth-order valence-electron chi connectivity index (χ4n) is 5.04. The quantitative estimate of drug-likeness (QED) is 0.334. The van der Waals surface area contributed by atoms with Crippen molar-refractivity contribution in [2.24, 2.45) is 17.8 Å². The monoisotopic (exact) mass is 514 g/mol. The van der Waals surface area contributed by atoms with Crippen LogP contribution in [0.15, 0.2) is 55.0 Å². The van der Waals surface area contributed by atoms with Crippen molar-refractivity contribution in [1.29, 1.82) is 0 Å². The van der Waals surface area contributed by atoms with Crippen LogP contribution in [0.1, 0.15) is 63.2 Å². The minimum absolute atomic E-state index is 0.0129. The molecule has 1 aromatic carbocycles. The van der Waals surface area contributed by atoms with Crippen molar-refractivity contribution in [3.8, 4) is 16.9 Å². The van der Waals surface area contributed by atoms with E-state index < -0.39 is 5.97 Å². The Bertz CT molecular complexity index is 1400. The van der Waals surface area contributed by atoms with E-state index in [0.717, 1.165) is 49.0 Å². The summed E-state index contributed by atoms with van der Waals surface area (Å²) in [5, 5.41) is 19.3. The van der Waals surface area contributed by atoms with Gasteiger partial charge in [-0.3, -0.25) is 9.69 Å². The fourth-order valence-corrected chi connectivity index (χ4v) is 5.04. The van der Waals surface area contributed by atoms with Crippen LogP contribution in [0.25, 0.3) is 22.6 Å². The summed E-state index contributed by atoms with van der Waals surface area (Å²) < 4.78 is 3.27. The Balaban J connectivity index is 1.45. The highest BCUT2D eigenvalue weighted by Gasteiger charge is 2.32. The largest absolute Gasteiger partial charge is 0.477 e. The predicted octanol–water partition coefficient (Wildman–Crippen LogP) is 5.49. The number of benzene rings is 1. The van der Waals surface area contributed by atoms with Crippen LogP contribution in [-0.2, 0) is 4.79 Å². The molecule has 0 spiro atoms. The van der Waals surface area contributed by atoms with E-state index in [9.17, 15) is 14.7 Å². The standard InChI is InChI=1S/C29H34N6O3/c1-19(2)13-16-33(28(36)22-7-5-20(3)6-8-22)27-24(29(37)38)18-35(32-27)23-11-9-21(10-12-23)25-17-26-30-14-4-15-34(26)31-25/h4,9-12,14-15,17-20,22H,5-8,13,16H2,1-3H3,(H,37,38). The summed E-state index contributed by atoms with van der Waals surface area (Å²) in [6.07, 6.45) is 9.54. The molecular formula is C29H34N6O3. The zero-order valence-electron chi connectivity index (χ0n) is 22.1. The number of anilines is 1. The summed E-state index contributed by atoms with van der Waals surface area (Å²) >= 11 is 0. The molecule has 0 radical (unpaired) electrons. The van der Waals surface area contributed by atoms with Crippen molar-refractivity contribution in [3.05, 3.63) is 60.6 Å². The normalized spacial score (nSPS) is 17.7. The van der Waals surface area contributed by atoms with Gasteiger partial charge in [-0.25, -0.2) is 19.0 Å². The molecule has 198 valence electrons. The molecule has 1 amide bonds. The van der Waals surface area contributed by atoms with E-state index >= 15 is 0 Å². The third-order valence-electron chi connectivity index (χ3n) is 7.41. The number of aromatic nitrogens is 5. The molecule has 1 aliphatic rings. The fraction of sp³-hybridized carbons (Fsp3) is 0.414. The number of carbonyl (C=O) groups is 2. The first kappa shape index (κ1) is 25.6. The van der Waals surface area contributed by atoms with Gasteiger partial charge in [0.05, 0.1) is 11.4 Å². The van der Waals surface area contributed by atoms with E-state index in [-0.39, 0.29) is 23.2 Å². The van der Waals surface area contributed by atoms with Crippen molar-refractivity contribution < 1.29 is 14.7 Å². The van der Waals surface area contributed by atoms with Gasteiger partial charge in [-0.05, 0) is 62.1 Å². The molecular weight excluding hydrogens is 480 g/mol. The molecule has 3 heterocycles. The summed E-state index contributed by atoms with van der Waals surface area (Å²) in [6.45, 7) is 6.87. The van der Waals surface area contributed by atoms with E-state index in [0.29, 0.717) is 24.1 Å². The minimum atomic E-state index is -1.10. The second-order valence-electron chi connectivity index (χ2n) is 10.7. The second-order valence-corrected chi connectivity index (χ2v) is 10.7. The highest BCUT2D eigenvalue weighted by Crippen LogP contribution is 2.32. The molecule has 9 heteroatoms. The van der Waals surface area contributed by atoms with Gasteiger partial charge in [0, 0.05) is 42.7 Å². The molecule has 1 aliphatic carbocycles. The molecule has 1 fully saturated rings. The Labute approximate surface area is 222 Å². The number of carboxylic acid groups (broad SMARTS) is 1. The Kier molecular flexibility index (Phi) is 7.26. The lowest BCUT2D eigenvalue weighted by Crippen LogP contribution is -2.39. The zero-order valence-corrected chi connectivity index (χ0v) is 22.1. The van der Waals surface area contributed by atoms with Crippen molar-refractivity contribution in [1.82, 2.24) is 24.4 Å². The van der Waals surface area contributed by atoms with E-state index in [1.54, 1.807) is 20.3 Å². The van der Waals surface area contributed by atoms with Gasteiger partial charge < -0.3 is 5.11 Å².